The van der Waals surface area contributed by atoms with E-state index in [0.29, 0.717) is 18.5 Å². The molecule has 2 aromatic rings. The largest absolute Gasteiger partial charge is 0.337 e. The molecular formula is C15H17N3O3S. The number of carbonyl (C=O) groups excluding carboxylic acids is 1. The molecule has 1 amide bonds. The fourth-order valence-electron chi connectivity index (χ4n) is 2.63. The third-order valence-corrected chi connectivity index (χ3v) is 5.55. The average Bonchev–Trinajstić information content (AvgIpc) is 3.17. The maximum Gasteiger partial charge on any atom is 0.253 e. The molecule has 0 saturated carbocycles. The molecule has 1 unspecified atom stereocenters. The highest BCUT2D eigenvalue weighted by molar-refractivity contribution is 7.91. The van der Waals surface area contributed by atoms with Crippen LogP contribution in [0.4, 0.5) is 0 Å². The number of rotatable bonds is 3. The van der Waals surface area contributed by atoms with E-state index in [9.17, 15) is 13.2 Å². The van der Waals surface area contributed by atoms with E-state index in [1.807, 2.05) is 22.9 Å². The summed E-state index contributed by atoms with van der Waals surface area (Å²) in [5.41, 5.74) is 1.49. The van der Waals surface area contributed by atoms with Gasteiger partial charge in [-0.25, -0.2) is 13.4 Å². The minimum absolute atomic E-state index is 0.122. The van der Waals surface area contributed by atoms with Crippen molar-refractivity contribution in [3.8, 4) is 5.69 Å². The number of amides is 1. The van der Waals surface area contributed by atoms with E-state index >= 15 is 0 Å². The second kappa shape index (κ2) is 5.57. The Morgan fingerprint density at radius 2 is 2.00 bits per heavy atom. The Kier molecular flexibility index (Phi) is 3.74. The van der Waals surface area contributed by atoms with Crippen LogP contribution >= 0.6 is 0 Å². The summed E-state index contributed by atoms with van der Waals surface area (Å²) < 4.78 is 25.0. The van der Waals surface area contributed by atoms with E-state index in [4.69, 9.17) is 0 Å². The monoisotopic (exact) mass is 319 g/mol. The number of hydrogen-bond donors (Lipinski definition) is 0. The topological polar surface area (TPSA) is 72.3 Å². The van der Waals surface area contributed by atoms with E-state index in [2.05, 4.69) is 4.98 Å². The minimum Gasteiger partial charge on any atom is -0.337 e. The molecule has 1 aromatic heterocycles. The summed E-state index contributed by atoms with van der Waals surface area (Å²) >= 11 is 0. The van der Waals surface area contributed by atoms with Crippen molar-refractivity contribution < 1.29 is 13.2 Å². The third-order valence-electron chi connectivity index (χ3n) is 3.95. The fraction of sp³-hybridized carbons (Fsp3) is 0.333. The molecular weight excluding hydrogens is 302 g/mol. The van der Waals surface area contributed by atoms with Crippen molar-refractivity contribution in [2.24, 2.45) is 0 Å². The van der Waals surface area contributed by atoms with Gasteiger partial charge in [0.15, 0.2) is 9.84 Å². The number of nitrogens with zero attached hydrogens (tertiary/aromatic N) is 3. The van der Waals surface area contributed by atoms with Crippen LogP contribution in [0.2, 0.25) is 0 Å². The molecule has 1 fully saturated rings. The minimum atomic E-state index is -3.09. The van der Waals surface area contributed by atoms with Crippen molar-refractivity contribution in [2.45, 2.75) is 11.7 Å². The molecule has 1 aromatic carbocycles. The van der Waals surface area contributed by atoms with Gasteiger partial charge in [-0.2, -0.15) is 0 Å². The average molecular weight is 319 g/mol. The maximum atomic E-state index is 12.4. The molecule has 22 heavy (non-hydrogen) atoms. The van der Waals surface area contributed by atoms with Crippen LogP contribution in [0.1, 0.15) is 16.8 Å². The van der Waals surface area contributed by atoms with Gasteiger partial charge < -0.3 is 9.47 Å². The zero-order valence-electron chi connectivity index (χ0n) is 12.2. The molecule has 1 saturated heterocycles. The van der Waals surface area contributed by atoms with Crippen LogP contribution in [-0.4, -0.2) is 53.4 Å². The van der Waals surface area contributed by atoms with Gasteiger partial charge in [0.05, 0.1) is 11.6 Å². The highest BCUT2D eigenvalue weighted by Crippen LogP contribution is 2.19. The number of imidazole rings is 1. The molecule has 0 spiro atoms. The van der Waals surface area contributed by atoms with Gasteiger partial charge >= 0.3 is 0 Å². The lowest BCUT2D eigenvalue weighted by Gasteiger charge is -2.16. The van der Waals surface area contributed by atoms with Crippen LogP contribution in [0.3, 0.4) is 0 Å². The lowest BCUT2D eigenvalue weighted by molar-refractivity contribution is 0.0793. The Morgan fingerprint density at radius 1 is 1.27 bits per heavy atom. The molecule has 1 aliphatic heterocycles. The smallest absolute Gasteiger partial charge is 0.253 e. The van der Waals surface area contributed by atoms with Crippen molar-refractivity contribution in [3.05, 3.63) is 48.5 Å². The lowest BCUT2D eigenvalue weighted by Crippen LogP contribution is -2.31. The maximum absolute atomic E-state index is 12.4. The van der Waals surface area contributed by atoms with Gasteiger partial charge in [0, 0.05) is 43.0 Å². The Bertz CT molecular complexity index is 767. The lowest BCUT2D eigenvalue weighted by atomic mass is 10.2. The Balaban J connectivity index is 1.73. The summed E-state index contributed by atoms with van der Waals surface area (Å²) in [6.07, 6.45) is 6.94. The van der Waals surface area contributed by atoms with E-state index in [1.54, 1.807) is 29.6 Å². The van der Waals surface area contributed by atoms with Crippen LogP contribution in [0.25, 0.3) is 5.69 Å². The van der Waals surface area contributed by atoms with Gasteiger partial charge in [0.1, 0.15) is 0 Å². The van der Waals surface area contributed by atoms with Crippen LogP contribution in [0, 0.1) is 0 Å². The molecule has 0 radical (unpaired) electrons. The first-order valence-corrected chi connectivity index (χ1v) is 8.97. The normalized spacial score (nSPS) is 18.6. The van der Waals surface area contributed by atoms with Crippen LogP contribution in [0.5, 0.6) is 0 Å². The molecule has 0 N–H and O–H groups in total. The highest BCUT2D eigenvalue weighted by Gasteiger charge is 2.32. The zero-order valence-corrected chi connectivity index (χ0v) is 13.0. The van der Waals surface area contributed by atoms with E-state index in [0.717, 1.165) is 5.69 Å². The van der Waals surface area contributed by atoms with E-state index in [-0.39, 0.29) is 12.5 Å². The molecule has 1 aliphatic rings. The first-order chi connectivity index (χ1) is 10.4. The number of likely N-dealkylation sites (tertiary alicyclic amines) is 1. The number of sulfone groups is 1. The van der Waals surface area contributed by atoms with Crippen molar-refractivity contribution in [1.82, 2.24) is 14.5 Å². The Labute approximate surface area is 129 Å². The van der Waals surface area contributed by atoms with E-state index < -0.39 is 15.1 Å². The number of carbonyl (C=O) groups is 1. The van der Waals surface area contributed by atoms with Gasteiger partial charge in [-0.3, -0.25) is 4.79 Å². The van der Waals surface area contributed by atoms with Gasteiger partial charge in [-0.05, 0) is 30.7 Å². The summed E-state index contributed by atoms with van der Waals surface area (Å²) in [4.78, 5) is 18.0. The number of aromatic nitrogens is 2. The van der Waals surface area contributed by atoms with Crippen molar-refractivity contribution >= 4 is 15.7 Å². The highest BCUT2D eigenvalue weighted by atomic mass is 32.2. The summed E-state index contributed by atoms with van der Waals surface area (Å²) in [6.45, 7) is 0.765. The van der Waals surface area contributed by atoms with Gasteiger partial charge in [-0.1, -0.05) is 0 Å². The second-order valence-electron chi connectivity index (χ2n) is 5.51. The third kappa shape index (κ3) is 2.89. The van der Waals surface area contributed by atoms with Crippen LogP contribution < -0.4 is 0 Å². The molecule has 0 aliphatic carbocycles. The van der Waals surface area contributed by atoms with Gasteiger partial charge in [-0.15, -0.1) is 0 Å². The summed E-state index contributed by atoms with van der Waals surface area (Å²) in [5.74, 6) is -0.122. The van der Waals surface area contributed by atoms with Crippen molar-refractivity contribution in [2.75, 3.05) is 19.3 Å². The Morgan fingerprint density at radius 3 is 2.55 bits per heavy atom. The quantitative estimate of drug-likeness (QED) is 0.850. The Hall–Kier alpha value is -2.15. The summed E-state index contributed by atoms with van der Waals surface area (Å²) in [5, 5.41) is -0.443. The van der Waals surface area contributed by atoms with Crippen LogP contribution in [-0.2, 0) is 9.84 Å². The second-order valence-corrected chi connectivity index (χ2v) is 7.83. The van der Waals surface area contributed by atoms with E-state index in [1.165, 1.54) is 6.26 Å². The molecule has 2 heterocycles. The number of hydrogen-bond acceptors (Lipinski definition) is 4. The first-order valence-electron chi connectivity index (χ1n) is 7.02. The summed E-state index contributed by atoms with van der Waals surface area (Å²) in [6, 6.07) is 7.20. The number of benzene rings is 1. The van der Waals surface area contributed by atoms with Gasteiger partial charge in [0.25, 0.3) is 5.91 Å². The molecule has 6 nitrogen and oxygen atoms in total. The van der Waals surface area contributed by atoms with Crippen molar-refractivity contribution in [3.63, 3.8) is 0 Å². The van der Waals surface area contributed by atoms with Crippen molar-refractivity contribution in [1.29, 1.82) is 0 Å². The molecule has 7 heteroatoms. The molecule has 0 bridgehead atoms. The molecule has 1 atom stereocenters. The first kappa shape index (κ1) is 14.8. The van der Waals surface area contributed by atoms with Gasteiger partial charge in [0.2, 0.25) is 0 Å². The predicted molar refractivity (Wildman–Crippen MR) is 82.7 cm³/mol. The zero-order chi connectivity index (χ0) is 15.7. The molecule has 3 rings (SSSR count). The van der Waals surface area contributed by atoms with Crippen LogP contribution in [0.15, 0.2) is 43.0 Å². The predicted octanol–water partition coefficient (Wildman–Crippen LogP) is 1.13. The molecule has 116 valence electrons. The standard InChI is InChI=1S/C15H17N3O3S/c1-22(20,21)14-6-8-17(10-14)15(19)12-2-4-13(5-3-12)18-9-7-16-11-18/h2-5,7,9,11,14H,6,8,10H2,1H3. The SMILES string of the molecule is CS(=O)(=O)C1CCN(C(=O)c2ccc(-n3ccnc3)cc2)C1. The summed E-state index contributed by atoms with van der Waals surface area (Å²) in [7, 11) is -3.09. The fourth-order valence-corrected chi connectivity index (χ4v) is 3.62.